The highest BCUT2D eigenvalue weighted by Gasteiger charge is 2.46. The summed E-state index contributed by atoms with van der Waals surface area (Å²) in [5.74, 6) is -0.310. The molecule has 7 heteroatoms. The number of hydrogen-bond donors (Lipinski definition) is 1. The van der Waals surface area contributed by atoms with Crippen LogP contribution in [0.25, 0.3) is 5.76 Å². The predicted molar refractivity (Wildman–Crippen MR) is 161 cm³/mol. The number of Topliss-reactive ketones (excluding diaryl/α,β-unsaturated/α-hetero) is 1. The van der Waals surface area contributed by atoms with E-state index in [1.165, 1.54) is 4.90 Å². The van der Waals surface area contributed by atoms with Crippen molar-refractivity contribution in [2.45, 2.75) is 45.9 Å². The van der Waals surface area contributed by atoms with E-state index in [4.69, 9.17) is 9.47 Å². The minimum absolute atomic E-state index is 0.0389. The topological polar surface area (TPSA) is 89.0 Å². The first kappa shape index (κ1) is 28.6. The molecular weight excluding hydrogens is 528 g/mol. The van der Waals surface area contributed by atoms with Crippen LogP contribution in [0.15, 0.2) is 103 Å². The first-order valence-electron chi connectivity index (χ1n) is 14.1. The van der Waals surface area contributed by atoms with Crippen LogP contribution in [-0.4, -0.2) is 33.3 Å². The number of unbranched alkanes of at least 4 members (excludes halogenated alkanes) is 1. The number of carbonyl (C=O) groups excluding carboxylic acids is 2. The van der Waals surface area contributed by atoms with Gasteiger partial charge in [0.15, 0.2) is 0 Å². The molecule has 1 atom stereocenters. The lowest BCUT2D eigenvalue weighted by atomic mass is 9.95. The number of ketones is 1. The Bertz CT molecular complexity index is 1560. The molecule has 1 aromatic heterocycles. The molecule has 0 aliphatic carbocycles. The highest BCUT2D eigenvalue weighted by Crippen LogP contribution is 2.40. The third-order valence-electron chi connectivity index (χ3n) is 7.19. The van der Waals surface area contributed by atoms with Crippen molar-refractivity contribution < 1.29 is 24.2 Å². The molecule has 2 heterocycles. The van der Waals surface area contributed by atoms with Gasteiger partial charge < -0.3 is 19.5 Å². The number of ether oxygens (including phenoxy) is 2. The second-order valence-electron chi connectivity index (χ2n) is 10.4. The fourth-order valence-electron chi connectivity index (χ4n) is 4.99. The van der Waals surface area contributed by atoms with Crippen molar-refractivity contribution in [1.29, 1.82) is 0 Å². The van der Waals surface area contributed by atoms with Gasteiger partial charge in [-0.3, -0.25) is 14.6 Å². The Kier molecular flexibility index (Phi) is 8.97. The Morgan fingerprint density at radius 2 is 1.62 bits per heavy atom. The predicted octanol–water partition coefficient (Wildman–Crippen LogP) is 6.77. The van der Waals surface area contributed by atoms with Gasteiger partial charge in [0, 0.05) is 24.5 Å². The highest BCUT2D eigenvalue weighted by molar-refractivity contribution is 6.46. The Hall–Kier alpha value is -4.91. The van der Waals surface area contributed by atoms with Crippen molar-refractivity contribution >= 4 is 17.4 Å². The number of carbonyl (C=O) groups is 2. The molecule has 214 valence electrons. The standard InChI is InChI=1S/C35H34N2O5/c1-3-4-19-41-29-14-10-27(11-15-29)32-31(34(39)35(40)37(32)22-26-9-6-18-36-21-26)33(38)28-12-16-30(17-13-28)42-23-25-8-5-7-24(2)20-25/h5-18,20-21,32,38H,3-4,19,22-23H2,1-2H3. The minimum atomic E-state index is -0.785. The molecule has 7 nitrogen and oxygen atoms in total. The van der Waals surface area contributed by atoms with Gasteiger partial charge in [0.05, 0.1) is 18.2 Å². The third kappa shape index (κ3) is 6.52. The van der Waals surface area contributed by atoms with Crippen molar-refractivity contribution in [1.82, 2.24) is 9.88 Å². The van der Waals surface area contributed by atoms with Crippen LogP contribution < -0.4 is 9.47 Å². The van der Waals surface area contributed by atoms with E-state index in [2.05, 4.69) is 18.0 Å². The summed E-state index contributed by atoms with van der Waals surface area (Å²) in [6, 6.07) is 25.1. The first-order chi connectivity index (χ1) is 20.4. The number of hydrogen-bond acceptors (Lipinski definition) is 6. The van der Waals surface area contributed by atoms with Gasteiger partial charge in [-0.15, -0.1) is 0 Å². The number of likely N-dealkylation sites (tertiary alicyclic amines) is 1. The molecule has 4 aromatic rings. The summed E-state index contributed by atoms with van der Waals surface area (Å²) in [6.07, 6.45) is 5.29. The molecule has 5 rings (SSSR count). The molecule has 1 amide bonds. The van der Waals surface area contributed by atoms with Crippen LogP contribution in [0.2, 0.25) is 0 Å². The number of aryl methyl sites for hydroxylation is 1. The SMILES string of the molecule is CCCCOc1ccc(C2C(=C(O)c3ccc(OCc4cccc(C)c4)cc3)C(=O)C(=O)N2Cc2cccnc2)cc1. The van der Waals surface area contributed by atoms with E-state index < -0.39 is 17.7 Å². The number of benzene rings is 3. The van der Waals surface area contributed by atoms with E-state index in [9.17, 15) is 14.7 Å². The van der Waals surface area contributed by atoms with Gasteiger partial charge in [-0.2, -0.15) is 0 Å². The normalized spacial score (nSPS) is 16.0. The van der Waals surface area contributed by atoms with Crippen LogP contribution in [0, 0.1) is 6.92 Å². The van der Waals surface area contributed by atoms with E-state index in [0.717, 1.165) is 29.5 Å². The molecule has 1 fully saturated rings. The van der Waals surface area contributed by atoms with Crippen LogP contribution in [-0.2, 0) is 22.7 Å². The monoisotopic (exact) mass is 562 g/mol. The summed E-state index contributed by atoms with van der Waals surface area (Å²) in [6.45, 7) is 5.32. The van der Waals surface area contributed by atoms with E-state index in [1.54, 1.807) is 42.7 Å². The lowest BCUT2D eigenvalue weighted by molar-refractivity contribution is -0.140. The van der Waals surface area contributed by atoms with E-state index >= 15 is 0 Å². The van der Waals surface area contributed by atoms with Gasteiger partial charge in [-0.1, -0.05) is 61.4 Å². The lowest BCUT2D eigenvalue weighted by Gasteiger charge is -2.25. The van der Waals surface area contributed by atoms with Crippen molar-refractivity contribution in [3.63, 3.8) is 0 Å². The van der Waals surface area contributed by atoms with Gasteiger partial charge >= 0.3 is 0 Å². The Labute approximate surface area is 246 Å². The fraction of sp³-hybridized carbons (Fsp3) is 0.229. The largest absolute Gasteiger partial charge is 0.507 e. The maximum Gasteiger partial charge on any atom is 0.295 e. The summed E-state index contributed by atoms with van der Waals surface area (Å²) in [5.41, 5.74) is 4.14. The molecular formula is C35H34N2O5. The quantitative estimate of drug-likeness (QED) is 0.0939. The van der Waals surface area contributed by atoms with Gasteiger partial charge in [-0.05, 0) is 72.5 Å². The third-order valence-corrected chi connectivity index (χ3v) is 7.19. The average Bonchev–Trinajstić information content (AvgIpc) is 3.26. The molecule has 0 saturated carbocycles. The number of aliphatic hydroxyl groups is 1. The maximum atomic E-state index is 13.4. The number of rotatable bonds is 11. The number of amides is 1. The van der Waals surface area contributed by atoms with Crippen LogP contribution in [0.3, 0.4) is 0 Å². The fourth-order valence-corrected chi connectivity index (χ4v) is 4.99. The Morgan fingerprint density at radius 1 is 0.905 bits per heavy atom. The molecule has 1 saturated heterocycles. The van der Waals surface area contributed by atoms with Crippen molar-refractivity contribution in [2.75, 3.05) is 6.61 Å². The molecule has 1 unspecified atom stereocenters. The zero-order chi connectivity index (χ0) is 29.5. The summed E-state index contributed by atoms with van der Waals surface area (Å²) in [4.78, 5) is 32.4. The van der Waals surface area contributed by atoms with Gasteiger partial charge in [0.1, 0.15) is 23.9 Å². The number of nitrogens with zero attached hydrogens (tertiary/aromatic N) is 2. The highest BCUT2D eigenvalue weighted by atomic mass is 16.5. The van der Waals surface area contributed by atoms with Crippen LogP contribution in [0.1, 0.15) is 53.6 Å². The van der Waals surface area contributed by atoms with Crippen LogP contribution in [0.5, 0.6) is 11.5 Å². The summed E-state index contributed by atoms with van der Waals surface area (Å²) in [7, 11) is 0. The van der Waals surface area contributed by atoms with Crippen molar-refractivity contribution in [3.8, 4) is 11.5 Å². The summed E-state index contributed by atoms with van der Waals surface area (Å²) in [5, 5.41) is 11.5. The lowest BCUT2D eigenvalue weighted by Crippen LogP contribution is -2.29. The smallest absolute Gasteiger partial charge is 0.295 e. The van der Waals surface area contributed by atoms with Crippen LogP contribution >= 0.6 is 0 Å². The number of aromatic nitrogens is 1. The van der Waals surface area contributed by atoms with E-state index in [1.807, 2.05) is 55.5 Å². The van der Waals surface area contributed by atoms with E-state index in [0.29, 0.717) is 35.8 Å². The van der Waals surface area contributed by atoms with Gasteiger partial charge in [0.2, 0.25) is 0 Å². The maximum absolute atomic E-state index is 13.4. The molecule has 1 N–H and O–H groups in total. The average molecular weight is 563 g/mol. The van der Waals surface area contributed by atoms with Crippen LogP contribution in [0.4, 0.5) is 0 Å². The number of pyridine rings is 1. The van der Waals surface area contributed by atoms with Crippen molar-refractivity contribution in [3.05, 3.63) is 131 Å². The van der Waals surface area contributed by atoms with E-state index in [-0.39, 0.29) is 17.9 Å². The zero-order valence-electron chi connectivity index (χ0n) is 23.8. The molecule has 0 spiro atoms. The molecule has 0 bridgehead atoms. The molecule has 1 aliphatic heterocycles. The molecule has 3 aromatic carbocycles. The summed E-state index contributed by atoms with van der Waals surface area (Å²) < 4.78 is 11.7. The molecule has 42 heavy (non-hydrogen) atoms. The van der Waals surface area contributed by atoms with Gasteiger partial charge in [-0.25, -0.2) is 0 Å². The van der Waals surface area contributed by atoms with Gasteiger partial charge in [0.25, 0.3) is 11.7 Å². The first-order valence-corrected chi connectivity index (χ1v) is 14.1. The molecule has 0 radical (unpaired) electrons. The summed E-state index contributed by atoms with van der Waals surface area (Å²) >= 11 is 0. The second-order valence-corrected chi connectivity index (χ2v) is 10.4. The minimum Gasteiger partial charge on any atom is -0.507 e. The Morgan fingerprint density at radius 3 is 2.31 bits per heavy atom. The zero-order valence-corrected chi connectivity index (χ0v) is 23.8. The second kappa shape index (κ2) is 13.2. The van der Waals surface area contributed by atoms with Crippen molar-refractivity contribution in [2.24, 2.45) is 0 Å². The number of aliphatic hydroxyl groups excluding tert-OH is 1. The molecule has 1 aliphatic rings. The Balaban J connectivity index is 1.45.